The van der Waals surface area contributed by atoms with Gasteiger partial charge in [0.1, 0.15) is 23.9 Å². The number of nitrogens with zero attached hydrogens (tertiary/aromatic N) is 1. The molecule has 24 heavy (non-hydrogen) atoms. The zero-order chi connectivity index (χ0) is 17.7. The Morgan fingerprint density at radius 2 is 2.08 bits per heavy atom. The van der Waals surface area contributed by atoms with Crippen LogP contribution in [0.5, 0.6) is 0 Å². The highest BCUT2D eigenvalue weighted by Crippen LogP contribution is 2.28. The molecule has 8 heteroatoms. The molecule has 134 valence electrons. The van der Waals surface area contributed by atoms with Crippen LogP contribution in [0.25, 0.3) is 0 Å². The van der Waals surface area contributed by atoms with Crippen molar-refractivity contribution >= 4 is 5.91 Å². The summed E-state index contributed by atoms with van der Waals surface area (Å²) in [4.78, 5) is 24.6. The maximum absolute atomic E-state index is 12.5. The van der Waals surface area contributed by atoms with Gasteiger partial charge in [-0.25, -0.2) is 0 Å². The summed E-state index contributed by atoms with van der Waals surface area (Å²) in [6.07, 6.45) is -0.600. The van der Waals surface area contributed by atoms with Crippen molar-refractivity contribution in [3.05, 3.63) is 34.2 Å². The fourth-order valence-corrected chi connectivity index (χ4v) is 2.67. The number of nitrogens with one attached hydrogen (secondary N) is 1. The summed E-state index contributed by atoms with van der Waals surface area (Å²) in [6.45, 7) is 2.05. The van der Waals surface area contributed by atoms with Crippen LogP contribution in [0.3, 0.4) is 0 Å². The Bertz CT molecular complexity index is 617. The maximum atomic E-state index is 12.5. The highest BCUT2D eigenvalue weighted by Gasteiger charge is 2.43. The lowest BCUT2D eigenvalue weighted by atomic mass is 10.1. The second-order valence-electron chi connectivity index (χ2n) is 5.83. The fraction of sp³-hybridized carbons (Fsp3) is 0.625. The molecule has 1 saturated heterocycles. The smallest absolute Gasteiger partial charge is 0.265 e. The minimum Gasteiger partial charge on any atom is -0.394 e. The van der Waals surface area contributed by atoms with Crippen molar-refractivity contribution in [1.29, 1.82) is 0 Å². The van der Waals surface area contributed by atoms with Gasteiger partial charge in [-0.3, -0.25) is 14.2 Å². The van der Waals surface area contributed by atoms with Gasteiger partial charge in [-0.2, -0.15) is 0 Å². The average molecular weight is 340 g/mol. The van der Waals surface area contributed by atoms with Crippen LogP contribution in [-0.2, 0) is 4.74 Å². The molecule has 8 nitrogen and oxygen atoms in total. The Balaban J connectivity index is 2.16. The van der Waals surface area contributed by atoms with E-state index >= 15 is 0 Å². The Labute approximate surface area is 139 Å². The van der Waals surface area contributed by atoms with Crippen LogP contribution < -0.4 is 10.9 Å². The third-order valence-electron chi connectivity index (χ3n) is 4.08. The molecule has 0 saturated carbocycles. The molecule has 1 fully saturated rings. The van der Waals surface area contributed by atoms with E-state index in [9.17, 15) is 19.8 Å². The lowest BCUT2D eigenvalue weighted by Crippen LogP contribution is -2.38. The zero-order valence-electron chi connectivity index (χ0n) is 13.6. The molecule has 1 aromatic rings. The van der Waals surface area contributed by atoms with Crippen LogP contribution in [0, 0.1) is 0 Å². The largest absolute Gasteiger partial charge is 0.394 e. The van der Waals surface area contributed by atoms with Gasteiger partial charge in [0.25, 0.3) is 11.5 Å². The number of unbranched alkanes of at least 4 members (excludes halogenated alkanes) is 2. The number of aliphatic hydroxyl groups excluding tert-OH is 3. The van der Waals surface area contributed by atoms with Gasteiger partial charge in [-0.15, -0.1) is 0 Å². The number of carbonyl (C=O) groups excluding carboxylic acids is 1. The van der Waals surface area contributed by atoms with E-state index < -0.39 is 42.6 Å². The van der Waals surface area contributed by atoms with E-state index in [2.05, 4.69) is 12.2 Å². The standard InChI is InChI=1S/C16H24N2O6/c1-2-3-4-7-17-14(22)10-6-5-8-18(15(10)23)16-13(21)12(20)11(9-19)24-16/h5-6,8,11-13,16,19-21H,2-4,7,9H2,1H3,(H,17,22)/t11-,12-,13-,16-/m1/s1. The van der Waals surface area contributed by atoms with Crippen molar-refractivity contribution in [2.45, 2.75) is 50.7 Å². The van der Waals surface area contributed by atoms with Crippen LogP contribution >= 0.6 is 0 Å². The summed E-state index contributed by atoms with van der Waals surface area (Å²) in [5.74, 6) is -0.489. The van der Waals surface area contributed by atoms with Crippen LogP contribution in [0.15, 0.2) is 23.1 Å². The van der Waals surface area contributed by atoms with Crippen molar-refractivity contribution in [3.63, 3.8) is 0 Å². The molecule has 4 atom stereocenters. The molecular formula is C16H24N2O6. The Hall–Kier alpha value is -1.74. The van der Waals surface area contributed by atoms with E-state index in [4.69, 9.17) is 9.84 Å². The van der Waals surface area contributed by atoms with Gasteiger partial charge in [0.05, 0.1) is 6.61 Å². The highest BCUT2D eigenvalue weighted by molar-refractivity contribution is 5.93. The van der Waals surface area contributed by atoms with E-state index in [0.29, 0.717) is 6.54 Å². The van der Waals surface area contributed by atoms with Crippen molar-refractivity contribution in [2.75, 3.05) is 13.2 Å². The van der Waals surface area contributed by atoms with E-state index in [-0.39, 0.29) is 5.56 Å². The minimum absolute atomic E-state index is 0.0632. The Morgan fingerprint density at radius 3 is 2.71 bits per heavy atom. The Morgan fingerprint density at radius 1 is 1.33 bits per heavy atom. The third kappa shape index (κ3) is 3.84. The fourth-order valence-electron chi connectivity index (χ4n) is 2.67. The van der Waals surface area contributed by atoms with Gasteiger partial charge in [0.15, 0.2) is 6.23 Å². The summed E-state index contributed by atoms with van der Waals surface area (Å²) in [7, 11) is 0. The Kier molecular flexibility index (Phi) is 6.50. The molecule has 4 N–H and O–H groups in total. The lowest BCUT2D eigenvalue weighted by Gasteiger charge is -2.18. The van der Waals surface area contributed by atoms with Crippen molar-refractivity contribution in [2.24, 2.45) is 0 Å². The van der Waals surface area contributed by atoms with Gasteiger partial charge in [0.2, 0.25) is 0 Å². The van der Waals surface area contributed by atoms with Gasteiger partial charge in [-0.05, 0) is 18.6 Å². The molecule has 2 rings (SSSR count). The second-order valence-corrected chi connectivity index (χ2v) is 5.83. The molecule has 1 aliphatic heterocycles. The number of ether oxygens (including phenoxy) is 1. The van der Waals surface area contributed by atoms with E-state index in [1.165, 1.54) is 18.3 Å². The third-order valence-corrected chi connectivity index (χ3v) is 4.08. The molecule has 1 aliphatic rings. The first-order valence-electron chi connectivity index (χ1n) is 8.13. The van der Waals surface area contributed by atoms with Crippen molar-refractivity contribution in [3.8, 4) is 0 Å². The predicted molar refractivity (Wildman–Crippen MR) is 85.6 cm³/mol. The predicted octanol–water partition coefficient (Wildman–Crippen LogP) is -0.620. The summed E-state index contributed by atoms with van der Waals surface area (Å²) < 4.78 is 6.39. The van der Waals surface area contributed by atoms with E-state index in [0.717, 1.165) is 23.8 Å². The number of pyridine rings is 1. The average Bonchev–Trinajstić information content (AvgIpc) is 2.87. The van der Waals surface area contributed by atoms with Crippen LogP contribution in [0.1, 0.15) is 42.8 Å². The molecule has 0 unspecified atom stereocenters. The second kappa shape index (κ2) is 8.39. The molecule has 0 radical (unpaired) electrons. The minimum atomic E-state index is -1.37. The quantitative estimate of drug-likeness (QED) is 0.491. The van der Waals surface area contributed by atoms with Crippen molar-refractivity contribution < 1.29 is 24.9 Å². The van der Waals surface area contributed by atoms with E-state index in [1.807, 2.05) is 0 Å². The summed E-state index contributed by atoms with van der Waals surface area (Å²) in [5.41, 5.74) is -0.688. The molecule has 0 bridgehead atoms. The first-order valence-corrected chi connectivity index (χ1v) is 8.13. The molecule has 1 amide bonds. The van der Waals surface area contributed by atoms with Gasteiger partial charge >= 0.3 is 0 Å². The summed E-state index contributed by atoms with van der Waals surface area (Å²) in [5, 5.41) is 31.6. The number of amides is 1. The normalized spacial score (nSPS) is 26.5. The van der Waals surface area contributed by atoms with Gasteiger partial charge in [0, 0.05) is 12.7 Å². The number of aromatic nitrogens is 1. The molecular weight excluding hydrogens is 316 g/mol. The summed E-state index contributed by atoms with van der Waals surface area (Å²) >= 11 is 0. The maximum Gasteiger partial charge on any atom is 0.265 e. The van der Waals surface area contributed by atoms with Gasteiger partial charge in [-0.1, -0.05) is 19.8 Å². The topological polar surface area (TPSA) is 121 Å². The highest BCUT2D eigenvalue weighted by atomic mass is 16.6. The SMILES string of the molecule is CCCCCNC(=O)c1cccn([C@@H]2O[C@H](CO)[C@@H](O)[C@H]2O)c1=O. The molecule has 0 aromatic carbocycles. The molecule has 2 heterocycles. The van der Waals surface area contributed by atoms with Gasteiger partial charge < -0.3 is 25.4 Å². The monoisotopic (exact) mass is 340 g/mol. The van der Waals surface area contributed by atoms with Crippen molar-refractivity contribution in [1.82, 2.24) is 9.88 Å². The van der Waals surface area contributed by atoms with E-state index in [1.54, 1.807) is 0 Å². The number of hydrogen-bond donors (Lipinski definition) is 4. The molecule has 0 spiro atoms. The first kappa shape index (κ1) is 18.6. The first-order chi connectivity index (χ1) is 11.5. The molecule has 0 aliphatic carbocycles. The zero-order valence-corrected chi connectivity index (χ0v) is 13.6. The van der Waals surface area contributed by atoms with Crippen LogP contribution in [-0.4, -0.2) is 57.3 Å². The number of aliphatic hydroxyl groups is 3. The number of rotatable bonds is 7. The lowest BCUT2D eigenvalue weighted by molar-refractivity contribution is -0.0544. The van der Waals surface area contributed by atoms with Crippen LogP contribution in [0.4, 0.5) is 0 Å². The number of hydrogen-bond acceptors (Lipinski definition) is 6. The molecule has 1 aromatic heterocycles. The number of carbonyl (C=O) groups is 1. The summed E-state index contributed by atoms with van der Waals surface area (Å²) in [6, 6.07) is 2.90. The van der Waals surface area contributed by atoms with Crippen LogP contribution in [0.2, 0.25) is 0 Å².